The molecule has 0 fully saturated rings. The maximum absolute atomic E-state index is 11.9. The van der Waals surface area contributed by atoms with Crippen molar-refractivity contribution in [3.05, 3.63) is 0 Å². The van der Waals surface area contributed by atoms with Gasteiger partial charge in [0.2, 0.25) is 0 Å². The zero-order valence-corrected chi connectivity index (χ0v) is 16.5. The molecule has 0 amide bonds. The van der Waals surface area contributed by atoms with Crippen LogP contribution in [-0.4, -0.2) is 18.1 Å². The van der Waals surface area contributed by atoms with E-state index >= 15 is 0 Å². The van der Waals surface area contributed by atoms with Crippen LogP contribution in [0.15, 0.2) is 0 Å². The van der Waals surface area contributed by atoms with Crippen LogP contribution in [0.5, 0.6) is 0 Å². The first-order valence-corrected chi connectivity index (χ1v) is 10.1. The van der Waals surface area contributed by atoms with Crippen LogP contribution >= 0.6 is 7.82 Å². The van der Waals surface area contributed by atoms with E-state index in [9.17, 15) is 9.46 Å². The van der Waals surface area contributed by atoms with Crippen LogP contribution in [0.2, 0.25) is 0 Å². The van der Waals surface area contributed by atoms with Crippen LogP contribution in [0.1, 0.15) is 79.1 Å². The Labute approximate surface area is 147 Å². The van der Waals surface area contributed by atoms with Gasteiger partial charge in [-0.05, 0) is 24.7 Å². The summed E-state index contributed by atoms with van der Waals surface area (Å²) in [4.78, 5) is 9.77. The number of phosphoric acid groups is 1. The Morgan fingerprint density at radius 3 is 1.50 bits per heavy atom. The van der Waals surface area contributed by atoms with Crippen molar-refractivity contribution in [1.29, 1.82) is 0 Å². The molecule has 2 unspecified atom stereocenters. The Morgan fingerprint density at radius 2 is 1.23 bits per heavy atom. The van der Waals surface area contributed by atoms with Gasteiger partial charge in [0.1, 0.15) is 0 Å². The van der Waals surface area contributed by atoms with E-state index in [-0.39, 0.29) is 16.5 Å². The molecule has 0 radical (unpaired) electrons. The summed E-state index contributed by atoms with van der Waals surface area (Å²) < 4.78 is 22.2. The second-order valence-corrected chi connectivity index (χ2v) is 7.35. The molecule has 0 aromatic heterocycles. The molecule has 0 rings (SSSR count). The molecule has 22 heavy (non-hydrogen) atoms. The van der Waals surface area contributed by atoms with Crippen LogP contribution in [0.25, 0.3) is 0 Å². The minimum absolute atomic E-state index is 0. The zero-order chi connectivity index (χ0) is 16.1. The summed E-state index contributed by atoms with van der Waals surface area (Å²) >= 11 is 0. The molecule has 0 aliphatic carbocycles. The fourth-order valence-electron chi connectivity index (χ4n) is 2.23. The van der Waals surface area contributed by atoms with Gasteiger partial charge in [-0.3, -0.25) is 9.05 Å². The Hall–Kier alpha value is 0.604. The van der Waals surface area contributed by atoms with Gasteiger partial charge in [-0.1, -0.05) is 66.2 Å². The van der Waals surface area contributed by atoms with Crippen molar-refractivity contribution in [2.24, 2.45) is 11.8 Å². The largest absolute Gasteiger partial charge is 0.472 e. The van der Waals surface area contributed by atoms with E-state index < -0.39 is 7.82 Å². The Bertz CT molecular complexity index is 265. The summed E-state index contributed by atoms with van der Waals surface area (Å²) in [6.07, 6.45) is 8.56. The van der Waals surface area contributed by atoms with Crippen LogP contribution in [0.3, 0.4) is 0 Å². The van der Waals surface area contributed by atoms with Gasteiger partial charge < -0.3 is 4.89 Å². The van der Waals surface area contributed by atoms with Gasteiger partial charge in [0.15, 0.2) is 0 Å². The molecule has 0 aliphatic rings. The van der Waals surface area contributed by atoms with E-state index in [2.05, 4.69) is 27.7 Å². The molecule has 0 aromatic rings. The molecule has 0 heterocycles. The molecule has 6 heteroatoms. The fraction of sp³-hybridized carbons (Fsp3) is 1.00. The minimum atomic E-state index is -3.89. The third-order valence-electron chi connectivity index (χ3n) is 4.03. The van der Waals surface area contributed by atoms with E-state index in [1.54, 1.807) is 0 Å². The predicted molar refractivity (Wildman–Crippen MR) is 88.3 cm³/mol. The van der Waals surface area contributed by atoms with Crippen LogP contribution in [0, 0.1) is 11.8 Å². The van der Waals surface area contributed by atoms with E-state index in [0.29, 0.717) is 25.0 Å². The first-order chi connectivity index (χ1) is 9.99. The maximum Gasteiger partial charge on any atom is 0.472 e. The summed E-state index contributed by atoms with van der Waals surface area (Å²) in [5.74, 6) is 0.687. The number of unbranched alkanes of at least 4 members (excludes halogenated alkanes) is 2. The first-order valence-electron chi connectivity index (χ1n) is 8.60. The van der Waals surface area contributed by atoms with Gasteiger partial charge in [0, 0.05) is 16.5 Å². The van der Waals surface area contributed by atoms with Crippen LogP contribution in [0.4, 0.5) is 0 Å². The smallest absolute Gasteiger partial charge is 0.302 e. The monoisotopic (exact) mass is 380 g/mol. The Kier molecular flexibility index (Phi) is 17.1. The third-order valence-corrected chi connectivity index (χ3v) is 4.98. The number of hydrogen-bond acceptors (Lipinski definition) is 3. The van der Waals surface area contributed by atoms with Crippen LogP contribution < -0.4 is 0 Å². The molecule has 0 aromatic carbocycles. The summed E-state index contributed by atoms with van der Waals surface area (Å²) in [5.41, 5.74) is 0. The predicted octanol–water partition coefficient (Wildman–Crippen LogP) is 5.55. The molecule has 0 saturated heterocycles. The van der Waals surface area contributed by atoms with E-state index in [1.807, 2.05) is 0 Å². The average Bonchev–Trinajstić information content (AvgIpc) is 2.47. The van der Waals surface area contributed by atoms with Gasteiger partial charge in [0.25, 0.3) is 0 Å². The van der Waals surface area contributed by atoms with E-state index in [1.165, 1.54) is 0 Å². The standard InChI is InChI=1S/C16H35O4P.Ni/c1-5-9-11-15(7-3)13-19-21(17,18)20-14-16(8-4)12-10-6-2;/h15-16H,5-14H2,1-4H3,(H,17,18);. The van der Waals surface area contributed by atoms with E-state index in [4.69, 9.17) is 9.05 Å². The Balaban J connectivity index is 0. The molecule has 1 N–H and O–H groups in total. The van der Waals surface area contributed by atoms with Gasteiger partial charge in [0.05, 0.1) is 13.2 Å². The molecule has 0 aliphatic heterocycles. The molecular formula is C16H35NiO4P. The van der Waals surface area contributed by atoms with Gasteiger partial charge in [-0.2, -0.15) is 0 Å². The molecule has 4 nitrogen and oxygen atoms in total. The first kappa shape index (κ1) is 24.9. The average molecular weight is 381 g/mol. The van der Waals surface area contributed by atoms with Crippen molar-refractivity contribution >= 4 is 7.82 Å². The molecule has 2 atom stereocenters. The number of phosphoric ester groups is 1. The van der Waals surface area contributed by atoms with Crippen molar-refractivity contribution in [3.63, 3.8) is 0 Å². The SMILES string of the molecule is CCCCC(CC)COP(=O)(O)OCC(CC)CCCC.[Ni]. The molecule has 0 bridgehead atoms. The normalized spacial score (nSPS) is 16.6. The number of hydrogen-bond donors (Lipinski definition) is 1. The van der Waals surface area contributed by atoms with Crippen molar-refractivity contribution in [1.82, 2.24) is 0 Å². The van der Waals surface area contributed by atoms with Crippen molar-refractivity contribution in [3.8, 4) is 0 Å². The Morgan fingerprint density at radius 1 is 0.864 bits per heavy atom. The summed E-state index contributed by atoms with van der Waals surface area (Å²) in [7, 11) is -3.89. The van der Waals surface area contributed by atoms with Gasteiger partial charge in [-0.25, -0.2) is 4.57 Å². The maximum atomic E-state index is 11.9. The van der Waals surface area contributed by atoms with E-state index in [0.717, 1.165) is 51.4 Å². The quantitative estimate of drug-likeness (QED) is 0.317. The minimum Gasteiger partial charge on any atom is -0.302 e. The zero-order valence-electron chi connectivity index (χ0n) is 14.7. The summed E-state index contributed by atoms with van der Waals surface area (Å²) in [6.45, 7) is 9.10. The second kappa shape index (κ2) is 15.1. The third kappa shape index (κ3) is 13.1. The van der Waals surface area contributed by atoms with Crippen molar-refractivity contribution < 1.29 is 35.0 Å². The van der Waals surface area contributed by atoms with Crippen molar-refractivity contribution in [2.75, 3.05) is 13.2 Å². The van der Waals surface area contributed by atoms with Crippen molar-refractivity contribution in [2.45, 2.75) is 79.1 Å². The molecule has 138 valence electrons. The van der Waals surface area contributed by atoms with Crippen LogP contribution in [-0.2, 0) is 30.1 Å². The summed E-state index contributed by atoms with van der Waals surface area (Å²) in [6, 6.07) is 0. The second-order valence-electron chi connectivity index (χ2n) is 5.89. The van der Waals surface area contributed by atoms with Gasteiger partial charge >= 0.3 is 7.82 Å². The topological polar surface area (TPSA) is 55.8 Å². The van der Waals surface area contributed by atoms with Gasteiger partial charge in [-0.15, -0.1) is 0 Å². The number of rotatable bonds is 14. The fourth-order valence-corrected chi connectivity index (χ4v) is 3.11. The molecule has 0 saturated carbocycles. The summed E-state index contributed by atoms with van der Waals surface area (Å²) in [5, 5.41) is 0. The molecule has 0 spiro atoms. The molecular weight excluding hydrogens is 346 g/mol.